The van der Waals surface area contributed by atoms with E-state index in [4.69, 9.17) is 0 Å². The SMILES string of the molecule is C=C/C=C(\C=C(/CC)c1cccc2c1c1cc3ccccc3cc1n2C(C)/C=C\C=C/C)N(c1ccc(Cc2ccccc2-c2ccccc2C)cc1)c1ccc(-c2cc3ccccc3c3ccccc23)cc1. The molecule has 0 aliphatic heterocycles. The van der Waals surface area contributed by atoms with Crippen LogP contribution in [0, 0.1) is 6.92 Å². The van der Waals surface area contributed by atoms with Crippen LogP contribution in [0.1, 0.15) is 55.5 Å². The van der Waals surface area contributed by atoms with E-state index in [1.165, 1.54) is 104 Å². The molecule has 0 aliphatic rings. The summed E-state index contributed by atoms with van der Waals surface area (Å²) in [6.45, 7) is 13.1. The minimum Gasteiger partial charge on any atom is -0.334 e. The van der Waals surface area contributed by atoms with Gasteiger partial charge < -0.3 is 9.47 Å². The Bertz CT molecular complexity index is 3970. The maximum Gasteiger partial charge on any atom is 0.0503 e. The van der Waals surface area contributed by atoms with Crippen molar-refractivity contribution in [1.29, 1.82) is 0 Å². The van der Waals surface area contributed by atoms with Gasteiger partial charge in [0.15, 0.2) is 0 Å². The van der Waals surface area contributed by atoms with Gasteiger partial charge >= 0.3 is 0 Å². The summed E-state index contributed by atoms with van der Waals surface area (Å²) in [6.07, 6.45) is 16.8. The molecule has 0 aliphatic carbocycles. The lowest BCUT2D eigenvalue weighted by atomic mass is 9.92. The van der Waals surface area contributed by atoms with Gasteiger partial charge in [-0.15, -0.1) is 0 Å². The molecule has 0 fully saturated rings. The third-order valence-electron chi connectivity index (χ3n) is 14.6. The second-order valence-electron chi connectivity index (χ2n) is 19.2. The Morgan fingerprint density at radius 3 is 1.95 bits per heavy atom. The molecular weight excluding hydrogens is 881 g/mol. The number of anilines is 2. The standard InChI is InChI=1S/C71H60N2/c1-6-9-10-24-50(5)72-69-35-21-34-64(71(69)68-46-54-25-12-13-26-55(54)48-70(68)72)52(8-3)45-60(22-7-2)73(58-40-36-51(37-41-58)44-56-27-14-17-30-62(56)61-29-16-11-23-49(61)4)59-42-38-53(39-43-59)67-47-57-28-15-18-31-63(57)65-32-19-20-33-66(65)67/h6-7,9-43,45-48,50H,2,8,44H2,1,3-5H3/b9-6-,24-10-,52-45+,60-22+. The summed E-state index contributed by atoms with van der Waals surface area (Å²) in [5, 5.41) is 10.0. The fourth-order valence-corrected chi connectivity index (χ4v) is 11.1. The average Bonchev–Trinajstić information content (AvgIpc) is 3.76. The number of allylic oxidation sites excluding steroid dienone is 8. The molecule has 0 spiro atoms. The highest BCUT2D eigenvalue weighted by molar-refractivity contribution is 6.17. The van der Waals surface area contributed by atoms with Crippen LogP contribution in [-0.2, 0) is 6.42 Å². The first kappa shape index (κ1) is 46.7. The third kappa shape index (κ3) is 9.02. The summed E-state index contributed by atoms with van der Waals surface area (Å²) in [4.78, 5) is 2.40. The van der Waals surface area contributed by atoms with E-state index in [-0.39, 0.29) is 6.04 Å². The molecule has 0 saturated heterocycles. The van der Waals surface area contributed by atoms with Crippen molar-refractivity contribution in [3.8, 4) is 22.3 Å². The monoisotopic (exact) mass is 940 g/mol. The van der Waals surface area contributed by atoms with Crippen LogP contribution in [0.15, 0.2) is 261 Å². The Morgan fingerprint density at radius 2 is 1.22 bits per heavy atom. The van der Waals surface area contributed by atoms with E-state index >= 15 is 0 Å². The lowest BCUT2D eigenvalue weighted by molar-refractivity contribution is 0.710. The highest BCUT2D eigenvalue weighted by Crippen LogP contribution is 2.42. The average molecular weight is 941 g/mol. The fourth-order valence-electron chi connectivity index (χ4n) is 11.1. The summed E-state index contributed by atoms with van der Waals surface area (Å²) < 4.78 is 2.52. The molecule has 1 unspecified atom stereocenters. The summed E-state index contributed by atoms with van der Waals surface area (Å²) in [6, 6.07) is 76.2. The summed E-state index contributed by atoms with van der Waals surface area (Å²) in [5.41, 5.74) is 16.9. The van der Waals surface area contributed by atoms with Crippen molar-refractivity contribution in [2.24, 2.45) is 0 Å². The van der Waals surface area contributed by atoms with Crippen LogP contribution in [0.4, 0.5) is 11.4 Å². The highest BCUT2D eigenvalue weighted by atomic mass is 15.1. The van der Waals surface area contributed by atoms with Crippen molar-refractivity contribution < 1.29 is 0 Å². The first-order valence-corrected chi connectivity index (χ1v) is 25.7. The van der Waals surface area contributed by atoms with E-state index < -0.39 is 0 Å². The van der Waals surface area contributed by atoms with E-state index in [9.17, 15) is 0 Å². The van der Waals surface area contributed by atoms with Gasteiger partial charge in [0.05, 0.1) is 11.0 Å². The van der Waals surface area contributed by atoms with Crippen molar-refractivity contribution in [3.63, 3.8) is 0 Å². The molecule has 1 aromatic heterocycles. The zero-order valence-electron chi connectivity index (χ0n) is 42.3. The van der Waals surface area contributed by atoms with Crippen molar-refractivity contribution in [2.45, 2.75) is 46.6 Å². The Hall–Kier alpha value is -8.72. The molecule has 0 amide bonds. The van der Waals surface area contributed by atoms with Gasteiger partial charge in [0.1, 0.15) is 0 Å². The molecule has 73 heavy (non-hydrogen) atoms. The molecule has 10 aromatic carbocycles. The molecule has 11 rings (SSSR count). The van der Waals surface area contributed by atoms with Crippen LogP contribution in [-0.4, -0.2) is 4.57 Å². The lowest BCUT2D eigenvalue weighted by Gasteiger charge is -2.28. The van der Waals surface area contributed by atoms with Gasteiger partial charge in [-0.1, -0.05) is 202 Å². The van der Waals surface area contributed by atoms with Crippen LogP contribution in [0.2, 0.25) is 0 Å². The zero-order valence-corrected chi connectivity index (χ0v) is 42.3. The van der Waals surface area contributed by atoms with Crippen LogP contribution in [0.5, 0.6) is 0 Å². The number of fused-ring (bicyclic) bond motifs is 7. The first-order chi connectivity index (χ1) is 35.9. The van der Waals surface area contributed by atoms with Gasteiger partial charge in [0, 0.05) is 33.9 Å². The molecule has 354 valence electrons. The zero-order chi connectivity index (χ0) is 49.8. The number of rotatable bonds is 14. The molecule has 0 saturated carbocycles. The van der Waals surface area contributed by atoms with Crippen LogP contribution in [0.25, 0.3) is 82.0 Å². The van der Waals surface area contributed by atoms with Crippen LogP contribution >= 0.6 is 0 Å². The smallest absolute Gasteiger partial charge is 0.0503 e. The van der Waals surface area contributed by atoms with Gasteiger partial charge in [-0.2, -0.15) is 0 Å². The highest BCUT2D eigenvalue weighted by Gasteiger charge is 2.21. The number of aryl methyl sites for hydroxylation is 1. The quantitative estimate of drug-likeness (QED) is 0.0779. The second-order valence-corrected chi connectivity index (χ2v) is 19.2. The van der Waals surface area contributed by atoms with Gasteiger partial charge in [0.2, 0.25) is 0 Å². The summed E-state index contributed by atoms with van der Waals surface area (Å²) >= 11 is 0. The molecular formula is C71H60N2. The number of nitrogens with zero attached hydrogens (tertiary/aromatic N) is 2. The van der Waals surface area contributed by atoms with Crippen molar-refractivity contribution in [1.82, 2.24) is 4.57 Å². The minimum atomic E-state index is 0.128. The summed E-state index contributed by atoms with van der Waals surface area (Å²) in [5.74, 6) is 0. The topological polar surface area (TPSA) is 8.17 Å². The van der Waals surface area contributed by atoms with Gasteiger partial charge in [0.25, 0.3) is 0 Å². The molecule has 2 heteroatoms. The second kappa shape index (κ2) is 20.6. The molecule has 0 N–H and O–H groups in total. The molecule has 0 bridgehead atoms. The molecule has 0 radical (unpaired) electrons. The minimum absolute atomic E-state index is 0.128. The van der Waals surface area contributed by atoms with E-state index in [0.717, 1.165) is 29.9 Å². The Morgan fingerprint density at radius 1 is 0.575 bits per heavy atom. The van der Waals surface area contributed by atoms with Gasteiger partial charge in [-0.25, -0.2) is 0 Å². The molecule has 1 atom stereocenters. The largest absolute Gasteiger partial charge is 0.334 e. The predicted octanol–water partition coefficient (Wildman–Crippen LogP) is 19.9. The van der Waals surface area contributed by atoms with E-state index in [2.05, 4.69) is 286 Å². The van der Waals surface area contributed by atoms with Gasteiger partial charge in [-0.05, 0) is 177 Å². The molecule has 1 heterocycles. The third-order valence-corrected chi connectivity index (χ3v) is 14.6. The van der Waals surface area contributed by atoms with E-state index in [1.807, 2.05) is 6.08 Å². The number of hydrogen-bond acceptors (Lipinski definition) is 1. The predicted molar refractivity (Wildman–Crippen MR) is 317 cm³/mol. The van der Waals surface area contributed by atoms with Crippen LogP contribution < -0.4 is 4.90 Å². The van der Waals surface area contributed by atoms with Crippen molar-refractivity contribution in [3.05, 3.63) is 283 Å². The maximum absolute atomic E-state index is 4.31. The Kier molecular flexibility index (Phi) is 13.1. The lowest BCUT2D eigenvalue weighted by Crippen LogP contribution is -2.15. The van der Waals surface area contributed by atoms with Gasteiger partial charge in [-0.3, -0.25) is 0 Å². The Balaban J connectivity index is 1.06. The van der Waals surface area contributed by atoms with Crippen molar-refractivity contribution >= 4 is 71.1 Å². The number of benzene rings is 10. The molecule has 2 nitrogen and oxygen atoms in total. The summed E-state index contributed by atoms with van der Waals surface area (Å²) in [7, 11) is 0. The van der Waals surface area contributed by atoms with Crippen molar-refractivity contribution in [2.75, 3.05) is 4.90 Å². The fraction of sp³-hybridized carbons (Fsp3) is 0.0986. The van der Waals surface area contributed by atoms with Crippen LogP contribution in [0.3, 0.4) is 0 Å². The maximum atomic E-state index is 4.31. The Labute approximate surface area is 430 Å². The number of hydrogen-bond donors (Lipinski definition) is 0. The van der Waals surface area contributed by atoms with E-state index in [0.29, 0.717) is 0 Å². The molecule has 11 aromatic rings. The van der Waals surface area contributed by atoms with E-state index in [1.54, 1.807) is 0 Å². The normalized spacial score (nSPS) is 12.8. The number of aromatic nitrogens is 1. The first-order valence-electron chi connectivity index (χ1n) is 25.7.